The molecule has 0 aromatic carbocycles. The molecule has 258 valence electrons. The topological polar surface area (TPSA) is 486 Å². The van der Waals surface area contributed by atoms with Crippen molar-refractivity contribution in [3.05, 3.63) is 0 Å². The second kappa shape index (κ2) is 104. The molecule has 24 nitrogen and oxygen atoms in total. The van der Waals surface area contributed by atoms with E-state index in [1.807, 2.05) is 0 Å². The molecule has 0 radical (unpaired) electrons. The predicted octanol–water partition coefficient (Wildman–Crippen LogP) is -12.4. The summed E-state index contributed by atoms with van der Waals surface area (Å²) in [7, 11) is -17.3. The molecule has 41 heavy (non-hydrogen) atoms. The van der Waals surface area contributed by atoms with Crippen LogP contribution in [0.4, 0.5) is 0 Å². The molecule has 0 aromatic heterocycles. The van der Waals surface area contributed by atoms with Crippen LogP contribution in [0, 0.1) is 0 Å². The van der Waals surface area contributed by atoms with Crippen molar-refractivity contribution >= 4 is 213 Å². The standard InChI is InChI=1S/8BH3O3.8BrH.Li.H/c8*2-1(3)4;;;;;;;;;;/h8*2-4H;8*1H;;. The monoisotopic (exact) mass is 1140 g/mol. The van der Waals surface area contributed by atoms with Gasteiger partial charge in [-0.25, -0.2) is 0 Å². The first kappa shape index (κ1) is 111. The summed E-state index contributed by atoms with van der Waals surface area (Å²) in [6.07, 6.45) is 0. The molecule has 0 aliphatic rings. The van der Waals surface area contributed by atoms with Crippen molar-refractivity contribution in [2.24, 2.45) is 0 Å². The van der Waals surface area contributed by atoms with Gasteiger partial charge in [-0.2, -0.15) is 0 Å². The van der Waals surface area contributed by atoms with Crippen LogP contribution in [0.5, 0.6) is 0 Å². The van der Waals surface area contributed by atoms with Crippen LogP contribution in [0.3, 0.4) is 0 Å². The molecule has 24 N–H and O–H groups in total. The van der Waals surface area contributed by atoms with E-state index in [2.05, 4.69) is 0 Å². The molecule has 0 aromatic rings. The Morgan fingerprint density at radius 2 is 0.146 bits per heavy atom. The van der Waals surface area contributed by atoms with Crippen LogP contribution in [0.2, 0.25) is 0 Å². The first-order valence-corrected chi connectivity index (χ1v) is 6.20. The zero-order valence-corrected chi connectivity index (χ0v) is 32.3. The molecular formula is H33B8Br8LiO24. The number of rotatable bonds is 0. The first-order valence-electron chi connectivity index (χ1n) is 6.20. The Hall–Kier alpha value is 4.00. The van der Waals surface area contributed by atoms with Crippen molar-refractivity contribution in [2.45, 2.75) is 0 Å². The summed E-state index contributed by atoms with van der Waals surface area (Å²) in [4.78, 5) is 0. The first-order chi connectivity index (χ1) is 13.9. The van der Waals surface area contributed by atoms with Crippen molar-refractivity contribution in [1.82, 2.24) is 0 Å². The Kier molecular flexibility index (Phi) is 281. The van der Waals surface area contributed by atoms with E-state index in [-0.39, 0.29) is 155 Å². The van der Waals surface area contributed by atoms with E-state index in [0.717, 1.165) is 0 Å². The van der Waals surface area contributed by atoms with Crippen LogP contribution >= 0.6 is 136 Å². The Balaban J connectivity index is -0.0000000104. The Morgan fingerprint density at radius 1 is 0.146 bits per heavy atom. The zero-order valence-electron chi connectivity index (χ0n) is 18.6. The van der Waals surface area contributed by atoms with Gasteiger partial charge in [-0.1, -0.05) is 0 Å². The summed E-state index contributed by atoms with van der Waals surface area (Å²) >= 11 is 0. The third-order valence-corrected chi connectivity index (χ3v) is 0. The fourth-order valence-corrected chi connectivity index (χ4v) is 0. The van der Waals surface area contributed by atoms with Crippen LogP contribution in [-0.2, 0) is 0 Å². The van der Waals surface area contributed by atoms with Gasteiger partial charge in [0, 0.05) is 0 Å². The van der Waals surface area contributed by atoms with Crippen LogP contribution in [0.15, 0.2) is 0 Å². The van der Waals surface area contributed by atoms with Gasteiger partial charge in [0.1, 0.15) is 0 Å². The van der Waals surface area contributed by atoms with Gasteiger partial charge in [-0.15, -0.1) is 136 Å². The molecule has 0 aliphatic carbocycles. The second-order valence-electron chi connectivity index (χ2n) is 2.77. The van der Waals surface area contributed by atoms with E-state index < -0.39 is 58.6 Å². The maximum absolute atomic E-state index is 7.17. The SMILES string of the molecule is Br.Br.Br.Br.Br.Br.Br.Br.OB(O)O.OB(O)O.OB(O)O.OB(O)O.OB(O)O.OB(O)O.OB(O)O.OB(O)O.[LiH]. The van der Waals surface area contributed by atoms with Crippen LogP contribution in [0.1, 0.15) is 0 Å². The van der Waals surface area contributed by atoms with Crippen LogP contribution < -0.4 is 0 Å². The molecule has 0 spiro atoms. The molecule has 0 bridgehead atoms. The summed E-state index contributed by atoms with van der Waals surface area (Å²) in [5.41, 5.74) is 0. The third-order valence-electron chi connectivity index (χ3n) is 0. The quantitative estimate of drug-likeness (QED) is 0.100. The number of halogens is 8. The molecule has 0 rings (SSSR count). The molecule has 0 saturated carbocycles. The average molecular weight is 1150 g/mol. The minimum atomic E-state index is -2.17. The fraction of sp³-hybridized carbons (Fsp3) is 0. The van der Waals surface area contributed by atoms with Crippen LogP contribution in [-0.4, -0.2) is 198 Å². The minimum absolute atomic E-state index is 0. The molecule has 0 saturated heterocycles. The average Bonchev–Trinajstić information content (AvgIpc) is 2.30. The molecular weight excluding hydrogens is 1120 g/mol. The summed E-state index contributed by atoms with van der Waals surface area (Å²) in [5.74, 6) is 0. The van der Waals surface area contributed by atoms with E-state index >= 15 is 0 Å². The summed E-state index contributed by atoms with van der Waals surface area (Å²) in [5, 5.41) is 172. The number of hydrogen-bond acceptors (Lipinski definition) is 24. The third kappa shape index (κ3) is 4860. The van der Waals surface area contributed by atoms with Gasteiger partial charge in [0.25, 0.3) is 0 Å². The molecule has 0 atom stereocenters. The van der Waals surface area contributed by atoms with Gasteiger partial charge < -0.3 is 121 Å². The predicted molar refractivity (Wildman–Crippen MR) is 189 cm³/mol. The Morgan fingerprint density at radius 3 is 0.146 bits per heavy atom. The molecule has 0 fully saturated rings. The van der Waals surface area contributed by atoms with E-state index in [1.54, 1.807) is 0 Å². The fourth-order valence-electron chi connectivity index (χ4n) is 0. The van der Waals surface area contributed by atoms with Gasteiger partial charge in [0.15, 0.2) is 0 Å². The molecule has 0 heterocycles. The van der Waals surface area contributed by atoms with E-state index in [9.17, 15) is 0 Å². The zero-order chi connectivity index (χ0) is 28.6. The van der Waals surface area contributed by atoms with Crippen molar-refractivity contribution in [1.29, 1.82) is 0 Å². The summed E-state index contributed by atoms with van der Waals surface area (Å²) < 4.78 is 0. The molecule has 0 aliphatic heterocycles. The summed E-state index contributed by atoms with van der Waals surface area (Å²) in [6.45, 7) is 0. The van der Waals surface area contributed by atoms with Crippen LogP contribution in [0.25, 0.3) is 0 Å². The van der Waals surface area contributed by atoms with E-state index in [1.165, 1.54) is 0 Å². The molecule has 41 heteroatoms. The van der Waals surface area contributed by atoms with E-state index in [4.69, 9.17) is 121 Å². The van der Waals surface area contributed by atoms with Crippen molar-refractivity contribution in [3.63, 3.8) is 0 Å². The Bertz CT molecular complexity index is 172. The van der Waals surface area contributed by atoms with E-state index in [0.29, 0.717) is 0 Å². The van der Waals surface area contributed by atoms with Crippen molar-refractivity contribution < 1.29 is 121 Å². The van der Waals surface area contributed by atoms with Gasteiger partial charge in [0.05, 0.1) is 0 Å². The van der Waals surface area contributed by atoms with Gasteiger partial charge in [0.2, 0.25) is 0 Å². The van der Waals surface area contributed by atoms with Gasteiger partial charge in [-0.3, -0.25) is 0 Å². The number of hydrogen-bond donors (Lipinski definition) is 24. The molecule has 0 unspecified atom stereocenters. The Labute approximate surface area is 330 Å². The molecule has 0 amide bonds. The normalized spacial score (nSPS) is 5.27. The van der Waals surface area contributed by atoms with Gasteiger partial charge in [-0.05, 0) is 0 Å². The summed E-state index contributed by atoms with van der Waals surface area (Å²) in [6, 6.07) is 0. The second-order valence-corrected chi connectivity index (χ2v) is 2.77. The maximum atomic E-state index is 7.17. The van der Waals surface area contributed by atoms with Gasteiger partial charge >= 0.3 is 77.4 Å². The van der Waals surface area contributed by atoms with Crippen molar-refractivity contribution in [2.75, 3.05) is 0 Å². The van der Waals surface area contributed by atoms with Crippen molar-refractivity contribution in [3.8, 4) is 0 Å².